The molecule has 1 amide bonds. The van der Waals surface area contributed by atoms with E-state index in [1.165, 1.54) is 0 Å². The molecular weight excluding hydrogens is 238 g/mol. The number of aliphatic hydroxyl groups excluding tert-OH is 1. The van der Waals surface area contributed by atoms with Crippen LogP contribution in [0.5, 0.6) is 0 Å². The molecule has 1 N–H and O–H groups in total. The average Bonchev–Trinajstić information content (AvgIpc) is 2.33. The molecule has 0 saturated carbocycles. The van der Waals surface area contributed by atoms with Crippen LogP contribution in [0.1, 0.15) is 10.4 Å². The van der Waals surface area contributed by atoms with Crippen LogP contribution < -0.4 is 0 Å². The summed E-state index contributed by atoms with van der Waals surface area (Å²) in [6, 6.07) is 7.04. The van der Waals surface area contributed by atoms with E-state index in [0.29, 0.717) is 25.3 Å². The van der Waals surface area contributed by atoms with Crippen molar-refractivity contribution < 1.29 is 14.6 Å². The second-order valence-electron chi connectivity index (χ2n) is 3.56. The number of benzene rings is 1. The van der Waals surface area contributed by atoms with Gasteiger partial charge in [0.05, 0.1) is 13.2 Å². The number of hydrogen-bond acceptors (Lipinski definition) is 4. The molecule has 0 unspecified atom stereocenters. The van der Waals surface area contributed by atoms with E-state index in [9.17, 15) is 4.79 Å². The maximum absolute atomic E-state index is 12.1. The Morgan fingerprint density at radius 3 is 2.82 bits per heavy atom. The number of hydrogen-bond donors (Lipinski definition) is 2. The van der Waals surface area contributed by atoms with Crippen LogP contribution in [0.4, 0.5) is 0 Å². The molecule has 1 aromatic rings. The molecule has 0 fully saturated rings. The first-order valence-electron chi connectivity index (χ1n) is 5.37. The fourth-order valence-corrected chi connectivity index (χ4v) is 1.68. The van der Waals surface area contributed by atoms with Gasteiger partial charge >= 0.3 is 0 Å². The van der Waals surface area contributed by atoms with Crippen LogP contribution in [0.15, 0.2) is 29.2 Å². The number of rotatable bonds is 6. The Kier molecular flexibility index (Phi) is 6.04. The monoisotopic (exact) mass is 255 g/mol. The van der Waals surface area contributed by atoms with Gasteiger partial charge in [0.15, 0.2) is 0 Å². The number of amides is 1. The van der Waals surface area contributed by atoms with Gasteiger partial charge in [-0.05, 0) is 18.2 Å². The predicted octanol–water partition coefficient (Wildman–Crippen LogP) is 1.06. The summed E-state index contributed by atoms with van der Waals surface area (Å²) < 4.78 is 4.94. The van der Waals surface area contributed by atoms with Gasteiger partial charge in [0.2, 0.25) is 0 Å². The minimum Gasteiger partial charge on any atom is -0.395 e. The predicted molar refractivity (Wildman–Crippen MR) is 68.6 cm³/mol. The van der Waals surface area contributed by atoms with E-state index in [-0.39, 0.29) is 12.5 Å². The van der Waals surface area contributed by atoms with E-state index in [4.69, 9.17) is 9.84 Å². The largest absolute Gasteiger partial charge is 0.395 e. The number of aliphatic hydroxyl groups is 1. The zero-order valence-corrected chi connectivity index (χ0v) is 10.7. The zero-order chi connectivity index (χ0) is 12.7. The molecule has 0 radical (unpaired) electrons. The topological polar surface area (TPSA) is 49.8 Å². The third kappa shape index (κ3) is 4.38. The first-order valence-corrected chi connectivity index (χ1v) is 5.82. The van der Waals surface area contributed by atoms with Crippen LogP contribution in [0.25, 0.3) is 0 Å². The summed E-state index contributed by atoms with van der Waals surface area (Å²) in [6.45, 7) is 1.16. The molecule has 0 aromatic heterocycles. The Morgan fingerprint density at radius 1 is 1.47 bits per heavy atom. The molecule has 0 aliphatic heterocycles. The van der Waals surface area contributed by atoms with Gasteiger partial charge in [-0.25, -0.2) is 0 Å². The minimum atomic E-state index is -0.119. The van der Waals surface area contributed by atoms with Crippen LogP contribution in [-0.2, 0) is 4.74 Å². The second-order valence-corrected chi connectivity index (χ2v) is 4.08. The third-order valence-corrected chi connectivity index (χ3v) is 2.59. The lowest BCUT2D eigenvalue weighted by molar-refractivity contribution is 0.0656. The van der Waals surface area contributed by atoms with Crippen molar-refractivity contribution in [3.05, 3.63) is 29.8 Å². The quantitative estimate of drug-likeness (QED) is 0.747. The van der Waals surface area contributed by atoms with Gasteiger partial charge in [0, 0.05) is 30.7 Å². The number of methoxy groups -OCH3 is 1. The normalized spacial score (nSPS) is 10.3. The van der Waals surface area contributed by atoms with Crippen molar-refractivity contribution in [2.24, 2.45) is 0 Å². The van der Waals surface area contributed by atoms with Crippen molar-refractivity contribution in [1.29, 1.82) is 0 Å². The van der Waals surface area contributed by atoms with Crippen molar-refractivity contribution in [3.8, 4) is 0 Å². The molecule has 4 nitrogen and oxygen atoms in total. The smallest absolute Gasteiger partial charge is 0.254 e. The highest BCUT2D eigenvalue weighted by Gasteiger charge is 2.14. The van der Waals surface area contributed by atoms with Crippen LogP contribution in [0.3, 0.4) is 0 Å². The lowest BCUT2D eigenvalue weighted by Crippen LogP contribution is -2.36. The fraction of sp³-hybridized carbons (Fsp3) is 0.417. The molecule has 0 spiro atoms. The van der Waals surface area contributed by atoms with Gasteiger partial charge in [0.25, 0.3) is 5.91 Å². The summed E-state index contributed by atoms with van der Waals surface area (Å²) in [6.07, 6.45) is 0. The Balaban J connectivity index is 2.76. The van der Waals surface area contributed by atoms with Crippen molar-refractivity contribution >= 4 is 18.5 Å². The highest BCUT2D eigenvalue weighted by molar-refractivity contribution is 7.80. The van der Waals surface area contributed by atoms with Gasteiger partial charge < -0.3 is 14.7 Å². The Bertz CT molecular complexity index is 371. The SMILES string of the molecule is COCCN(CCO)C(=O)c1cccc(S)c1. The number of thiol groups is 1. The first-order chi connectivity index (χ1) is 8.19. The molecule has 0 bridgehead atoms. The molecule has 0 heterocycles. The highest BCUT2D eigenvalue weighted by atomic mass is 32.1. The number of carbonyl (C=O) groups is 1. The summed E-state index contributed by atoms with van der Waals surface area (Å²) in [7, 11) is 1.58. The molecule has 17 heavy (non-hydrogen) atoms. The number of nitrogens with zero attached hydrogens (tertiary/aromatic N) is 1. The summed E-state index contributed by atoms with van der Waals surface area (Å²) in [4.78, 5) is 14.4. The standard InChI is InChI=1S/C12H17NO3S/c1-16-8-6-13(5-7-14)12(15)10-3-2-4-11(17)9-10/h2-4,9,14,17H,5-8H2,1H3. The molecule has 0 aliphatic carbocycles. The van der Waals surface area contributed by atoms with Crippen molar-refractivity contribution in [1.82, 2.24) is 4.90 Å². The van der Waals surface area contributed by atoms with Gasteiger partial charge in [-0.2, -0.15) is 0 Å². The lowest BCUT2D eigenvalue weighted by Gasteiger charge is -2.21. The molecule has 0 saturated heterocycles. The van der Waals surface area contributed by atoms with Gasteiger partial charge in [-0.3, -0.25) is 4.79 Å². The van der Waals surface area contributed by atoms with Crippen molar-refractivity contribution in [2.75, 3.05) is 33.4 Å². The lowest BCUT2D eigenvalue weighted by atomic mass is 10.2. The van der Waals surface area contributed by atoms with E-state index in [1.54, 1.807) is 30.2 Å². The van der Waals surface area contributed by atoms with Crippen LogP contribution in [0, 0.1) is 0 Å². The molecule has 5 heteroatoms. The molecule has 94 valence electrons. The average molecular weight is 255 g/mol. The van der Waals surface area contributed by atoms with Gasteiger partial charge in [-0.15, -0.1) is 12.6 Å². The number of carbonyl (C=O) groups excluding carboxylic acids is 1. The summed E-state index contributed by atoms with van der Waals surface area (Å²) >= 11 is 4.20. The molecule has 0 aliphatic rings. The summed E-state index contributed by atoms with van der Waals surface area (Å²) in [5, 5.41) is 8.94. The van der Waals surface area contributed by atoms with E-state index >= 15 is 0 Å². The molecule has 0 atom stereocenters. The maximum atomic E-state index is 12.1. The zero-order valence-electron chi connectivity index (χ0n) is 9.80. The fourth-order valence-electron chi connectivity index (χ4n) is 1.46. The van der Waals surface area contributed by atoms with E-state index < -0.39 is 0 Å². The third-order valence-electron chi connectivity index (χ3n) is 2.32. The van der Waals surface area contributed by atoms with Crippen LogP contribution in [-0.4, -0.2) is 49.3 Å². The van der Waals surface area contributed by atoms with E-state index in [0.717, 1.165) is 4.90 Å². The highest BCUT2D eigenvalue weighted by Crippen LogP contribution is 2.11. The van der Waals surface area contributed by atoms with E-state index in [2.05, 4.69) is 12.6 Å². The van der Waals surface area contributed by atoms with Crippen molar-refractivity contribution in [3.63, 3.8) is 0 Å². The first kappa shape index (κ1) is 14.0. The van der Waals surface area contributed by atoms with Crippen LogP contribution in [0.2, 0.25) is 0 Å². The summed E-state index contributed by atoms with van der Waals surface area (Å²) in [5.74, 6) is -0.119. The van der Waals surface area contributed by atoms with Crippen molar-refractivity contribution in [2.45, 2.75) is 4.90 Å². The Hall–Kier alpha value is -1.04. The van der Waals surface area contributed by atoms with Gasteiger partial charge in [-0.1, -0.05) is 6.07 Å². The van der Waals surface area contributed by atoms with Crippen LogP contribution >= 0.6 is 12.6 Å². The second kappa shape index (κ2) is 7.32. The molecular formula is C12H17NO3S. The number of ether oxygens (including phenoxy) is 1. The minimum absolute atomic E-state index is 0.0595. The molecule has 1 aromatic carbocycles. The summed E-state index contributed by atoms with van der Waals surface area (Å²) in [5.41, 5.74) is 0.571. The van der Waals surface area contributed by atoms with Gasteiger partial charge in [0.1, 0.15) is 0 Å². The van der Waals surface area contributed by atoms with E-state index in [1.807, 2.05) is 6.07 Å². The Morgan fingerprint density at radius 2 is 2.24 bits per heavy atom. The maximum Gasteiger partial charge on any atom is 0.254 e. The Labute approximate surface area is 107 Å². The molecule has 1 rings (SSSR count).